The van der Waals surface area contributed by atoms with Gasteiger partial charge in [0.05, 0.1) is 13.2 Å². The molecular weight excluding hydrogens is 226 g/mol. The highest BCUT2D eigenvalue weighted by molar-refractivity contribution is 5.27. The summed E-state index contributed by atoms with van der Waals surface area (Å²) >= 11 is 0. The molecule has 1 unspecified atom stereocenters. The maximum absolute atomic E-state index is 9.58. The number of ether oxygens (including phenoxy) is 1. The summed E-state index contributed by atoms with van der Waals surface area (Å²) in [7, 11) is 1.69. The van der Waals surface area contributed by atoms with Crippen molar-refractivity contribution in [1.82, 2.24) is 4.90 Å². The van der Waals surface area contributed by atoms with Gasteiger partial charge in [-0.1, -0.05) is 12.1 Å². The third-order valence-corrected chi connectivity index (χ3v) is 3.88. The van der Waals surface area contributed by atoms with Crippen LogP contribution < -0.4 is 4.74 Å². The van der Waals surface area contributed by atoms with E-state index in [2.05, 4.69) is 17.0 Å². The van der Waals surface area contributed by atoms with Crippen LogP contribution in [0.5, 0.6) is 5.75 Å². The molecule has 0 spiro atoms. The van der Waals surface area contributed by atoms with E-state index in [0.717, 1.165) is 38.2 Å². The quantitative estimate of drug-likeness (QED) is 0.888. The third kappa shape index (κ3) is 3.47. The van der Waals surface area contributed by atoms with Crippen molar-refractivity contribution in [1.29, 1.82) is 0 Å². The maximum atomic E-state index is 9.58. The van der Waals surface area contributed by atoms with Gasteiger partial charge in [0.15, 0.2) is 0 Å². The summed E-state index contributed by atoms with van der Waals surface area (Å²) in [6, 6.07) is 8.27. The molecule has 1 aliphatic rings. The summed E-state index contributed by atoms with van der Waals surface area (Å²) in [4.78, 5) is 2.46. The Morgan fingerprint density at radius 2 is 1.89 bits per heavy atom. The van der Waals surface area contributed by atoms with E-state index in [1.807, 2.05) is 19.1 Å². The van der Waals surface area contributed by atoms with Crippen molar-refractivity contribution in [3.63, 3.8) is 0 Å². The minimum atomic E-state index is -0.159. The van der Waals surface area contributed by atoms with Gasteiger partial charge in [0, 0.05) is 6.54 Å². The second kappa shape index (κ2) is 6.21. The molecule has 1 atom stereocenters. The molecule has 0 saturated carbocycles. The van der Waals surface area contributed by atoms with Crippen LogP contribution in [-0.2, 0) is 6.54 Å². The van der Waals surface area contributed by atoms with Crippen molar-refractivity contribution < 1.29 is 9.84 Å². The van der Waals surface area contributed by atoms with Gasteiger partial charge in [0.1, 0.15) is 5.75 Å². The first kappa shape index (κ1) is 13.4. The predicted molar refractivity (Wildman–Crippen MR) is 72.7 cm³/mol. The van der Waals surface area contributed by atoms with Crippen molar-refractivity contribution in [2.24, 2.45) is 5.92 Å². The average molecular weight is 249 g/mol. The first-order valence-corrected chi connectivity index (χ1v) is 6.72. The van der Waals surface area contributed by atoms with Crippen LogP contribution in [0.3, 0.4) is 0 Å². The molecule has 1 saturated heterocycles. The molecule has 100 valence electrons. The van der Waals surface area contributed by atoms with Crippen molar-refractivity contribution in [2.45, 2.75) is 32.4 Å². The van der Waals surface area contributed by atoms with Crippen LogP contribution in [0.1, 0.15) is 25.3 Å². The molecular formula is C15H23NO2. The van der Waals surface area contributed by atoms with E-state index in [9.17, 15) is 5.11 Å². The van der Waals surface area contributed by atoms with Crippen LogP contribution in [0.25, 0.3) is 0 Å². The fourth-order valence-electron chi connectivity index (χ4n) is 2.58. The summed E-state index contributed by atoms with van der Waals surface area (Å²) in [6.45, 7) is 5.07. The van der Waals surface area contributed by atoms with Gasteiger partial charge in [0.2, 0.25) is 0 Å². The molecule has 1 N–H and O–H groups in total. The van der Waals surface area contributed by atoms with Gasteiger partial charge in [-0.15, -0.1) is 0 Å². The topological polar surface area (TPSA) is 32.7 Å². The molecule has 1 aromatic carbocycles. The lowest BCUT2D eigenvalue weighted by Crippen LogP contribution is -2.36. The second-order valence-electron chi connectivity index (χ2n) is 5.20. The van der Waals surface area contributed by atoms with Crippen molar-refractivity contribution in [2.75, 3.05) is 20.2 Å². The van der Waals surface area contributed by atoms with E-state index < -0.39 is 0 Å². The lowest BCUT2D eigenvalue weighted by molar-refractivity contribution is 0.0695. The highest BCUT2D eigenvalue weighted by atomic mass is 16.5. The summed E-state index contributed by atoms with van der Waals surface area (Å²) in [6.07, 6.45) is 2.05. The Balaban J connectivity index is 1.83. The minimum Gasteiger partial charge on any atom is -0.497 e. The minimum absolute atomic E-state index is 0.159. The molecule has 0 aromatic heterocycles. The molecule has 18 heavy (non-hydrogen) atoms. The van der Waals surface area contributed by atoms with Gasteiger partial charge in [-0.05, 0) is 56.5 Å². The Hall–Kier alpha value is -1.06. The van der Waals surface area contributed by atoms with Gasteiger partial charge in [0.25, 0.3) is 0 Å². The normalized spacial score (nSPS) is 19.7. The summed E-state index contributed by atoms with van der Waals surface area (Å²) in [5.41, 5.74) is 1.33. The van der Waals surface area contributed by atoms with Crippen molar-refractivity contribution >= 4 is 0 Å². The van der Waals surface area contributed by atoms with Crippen LogP contribution >= 0.6 is 0 Å². The van der Waals surface area contributed by atoms with E-state index in [1.54, 1.807) is 7.11 Å². The standard InChI is InChI=1S/C15H23NO2/c1-12(17)14-7-9-16(10-8-14)11-13-3-5-15(18-2)6-4-13/h3-6,12,14,17H,7-11H2,1-2H3. The Labute approximate surface area is 109 Å². The van der Waals surface area contributed by atoms with Crippen molar-refractivity contribution in [3.05, 3.63) is 29.8 Å². The number of hydrogen-bond donors (Lipinski definition) is 1. The average Bonchev–Trinajstić information content (AvgIpc) is 2.40. The lowest BCUT2D eigenvalue weighted by Gasteiger charge is -2.33. The first-order chi connectivity index (χ1) is 8.69. The third-order valence-electron chi connectivity index (χ3n) is 3.88. The Morgan fingerprint density at radius 3 is 2.39 bits per heavy atom. The number of methoxy groups -OCH3 is 1. The first-order valence-electron chi connectivity index (χ1n) is 6.72. The number of aliphatic hydroxyl groups is 1. The van der Waals surface area contributed by atoms with Gasteiger partial charge >= 0.3 is 0 Å². The SMILES string of the molecule is COc1ccc(CN2CCC(C(C)O)CC2)cc1. The molecule has 1 heterocycles. The highest BCUT2D eigenvalue weighted by Gasteiger charge is 2.22. The second-order valence-corrected chi connectivity index (χ2v) is 5.20. The lowest BCUT2D eigenvalue weighted by atomic mass is 9.92. The molecule has 0 radical (unpaired) electrons. The van der Waals surface area contributed by atoms with E-state index in [1.165, 1.54) is 5.56 Å². The molecule has 1 fully saturated rings. The number of benzene rings is 1. The molecule has 3 heteroatoms. The largest absolute Gasteiger partial charge is 0.497 e. The number of likely N-dealkylation sites (tertiary alicyclic amines) is 1. The Bertz CT molecular complexity index is 353. The van der Waals surface area contributed by atoms with Gasteiger partial charge in [-0.2, -0.15) is 0 Å². The van der Waals surface area contributed by atoms with Gasteiger partial charge < -0.3 is 9.84 Å². The highest BCUT2D eigenvalue weighted by Crippen LogP contribution is 2.22. The van der Waals surface area contributed by atoms with E-state index in [-0.39, 0.29) is 6.10 Å². The van der Waals surface area contributed by atoms with Crippen LogP contribution in [-0.4, -0.2) is 36.3 Å². The van der Waals surface area contributed by atoms with Crippen LogP contribution in [0, 0.1) is 5.92 Å². The van der Waals surface area contributed by atoms with E-state index in [4.69, 9.17) is 4.74 Å². The van der Waals surface area contributed by atoms with Crippen molar-refractivity contribution in [3.8, 4) is 5.75 Å². The summed E-state index contributed by atoms with van der Waals surface area (Å²) in [5.74, 6) is 1.39. The number of aliphatic hydroxyl groups excluding tert-OH is 1. The molecule has 0 aliphatic carbocycles. The zero-order valence-electron chi connectivity index (χ0n) is 11.3. The molecule has 1 aromatic rings. The molecule has 3 nitrogen and oxygen atoms in total. The fourth-order valence-corrected chi connectivity index (χ4v) is 2.58. The molecule has 1 aliphatic heterocycles. The molecule has 2 rings (SSSR count). The van der Waals surface area contributed by atoms with Gasteiger partial charge in [-0.3, -0.25) is 4.90 Å². The van der Waals surface area contributed by atoms with E-state index >= 15 is 0 Å². The van der Waals surface area contributed by atoms with Gasteiger partial charge in [-0.25, -0.2) is 0 Å². The smallest absolute Gasteiger partial charge is 0.118 e. The molecule has 0 amide bonds. The number of nitrogens with zero attached hydrogens (tertiary/aromatic N) is 1. The predicted octanol–water partition coefficient (Wildman–Crippen LogP) is 2.29. The summed E-state index contributed by atoms with van der Waals surface area (Å²) < 4.78 is 5.16. The monoisotopic (exact) mass is 249 g/mol. The van der Waals surface area contributed by atoms with Crippen LogP contribution in [0.2, 0.25) is 0 Å². The Morgan fingerprint density at radius 1 is 1.28 bits per heavy atom. The zero-order valence-corrected chi connectivity index (χ0v) is 11.3. The van der Waals surface area contributed by atoms with Crippen LogP contribution in [0.4, 0.5) is 0 Å². The van der Waals surface area contributed by atoms with E-state index in [0.29, 0.717) is 5.92 Å². The van der Waals surface area contributed by atoms with Crippen LogP contribution in [0.15, 0.2) is 24.3 Å². The molecule has 0 bridgehead atoms. The zero-order chi connectivity index (χ0) is 13.0. The Kier molecular flexibility index (Phi) is 4.61. The number of hydrogen-bond acceptors (Lipinski definition) is 3. The number of piperidine rings is 1. The summed E-state index contributed by atoms with van der Waals surface area (Å²) in [5, 5.41) is 9.58. The maximum Gasteiger partial charge on any atom is 0.118 e. The number of rotatable bonds is 4. The fraction of sp³-hybridized carbons (Fsp3) is 0.600.